The number of nitrogens with zero attached hydrogens (tertiary/aromatic N) is 2. The molecule has 1 aliphatic rings. The van der Waals surface area contributed by atoms with Crippen molar-refractivity contribution >= 4 is 17.6 Å². The van der Waals surface area contributed by atoms with Crippen LogP contribution in [0.4, 0.5) is 10.5 Å². The minimum atomic E-state index is -0.320. The zero-order valence-corrected chi connectivity index (χ0v) is 20.5. The lowest BCUT2D eigenvalue weighted by Crippen LogP contribution is -2.32. The number of aromatic hydroxyl groups is 1. The molecule has 7 heteroatoms. The molecule has 182 valence electrons. The Kier molecular flexibility index (Phi) is 6.78. The van der Waals surface area contributed by atoms with Crippen molar-refractivity contribution in [1.82, 2.24) is 15.1 Å². The minimum absolute atomic E-state index is 0.00837. The third-order valence-electron chi connectivity index (χ3n) is 6.40. The molecule has 7 nitrogen and oxygen atoms in total. The van der Waals surface area contributed by atoms with Crippen LogP contribution >= 0.6 is 0 Å². The summed E-state index contributed by atoms with van der Waals surface area (Å²) in [6, 6.07) is 14.0. The van der Waals surface area contributed by atoms with Gasteiger partial charge in [0.05, 0.1) is 11.4 Å². The van der Waals surface area contributed by atoms with E-state index in [2.05, 4.69) is 43.1 Å². The Bertz CT molecular complexity index is 1250. The van der Waals surface area contributed by atoms with Crippen LogP contribution in [0.2, 0.25) is 0 Å². The molecule has 1 aromatic heterocycles. The highest BCUT2D eigenvalue weighted by Crippen LogP contribution is 2.39. The van der Waals surface area contributed by atoms with Crippen molar-refractivity contribution in [2.45, 2.75) is 51.4 Å². The Morgan fingerprint density at radius 2 is 1.86 bits per heavy atom. The molecule has 3 N–H and O–H groups in total. The predicted octanol–water partition coefficient (Wildman–Crippen LogP) is 5.82. The topological polar surface area (TPSA) is 96.3 Å². The van der Waals surface area contributed by atoms with E-state index in [0.29, 0.717) is 29.1 Å². The zero-order valence-electron chi connectivity index (χ0n) is 20.5. The maximum absolute atomic E-state index is 12.7. The van der Waals surface area contributed by atoms with Gasteiger partial charge in [0.25, 0.3) is 5.91 Å². The highest BCUT2D eigenvalue weighted by molar-refractivity contribution is 6.04. The third-order valence-corrected chi connectivity index (χ3v) is 6.40. The smallest absolute Gasteiger partial charge is 0.342 e. The normalized spacial score (nSPS) is 13.7. The highest BCUT2D eigenvalue weighted by atomic mass is 16.3. The number of anilines is 1. The van der Waals surface area contributed by atoms with Crippen LogP contribution in [0, 0.1) is 0 Å². The molecule has 0 saturated heterocycles. The van der Waals surface area contributed by atoms with E-state index in [0.717, 1.165) is 30.5 Å². The number of carbonyl (C=O) groups excluding carboxylic acids is 2. The Labute approximate surface area is 205 Å². The third kappa shape index (κ3) is 5.29. The number of hydrogen-bond donors (Lipinski definition) is 3. The molecular weight excluding hydrogens is 440 g/mol. The van der Waals surface area contributed by atoms with Crippen LogP contribution in [-0.2, 0) is 5.41 Å². The monoisotopic (exact) mass is 472 g/mol. The van der Waals surface area contributed by atoms with Gasteiger partial charge in [-0.1, -0.05) is 45.4 Å². The molecule has 4 rings (SSSR count). The summed E-state index contributed by atoms with van der Waals surface area (Å²) in [6.07, 6.45) is 4.75. The number of aromatic nitrogens is 2. The molecule has 1 aliphatic carbocycles. The fraction of sp³-hybridized carbons (Fsp3) is 0.321. The molecule has 0 unspecified atom stereocenters. The summed E-state index contributed by atoms with van der Waals surface area (Å²) in [7, 11) is 0. The van der Waals surface area contributed by atoms with E-state index in [-0.39, 0.29) is 29.0 Å². The van der Waals surface area contributed by atoms with Gasteiger partial charge in [-0.05, 0) is 54.2 Å². The molecule has 0 atom stereocenters. The average molecular weight is 473 g/mol. The van der Waals surface area contributed by atoms with E-state index in [1.54, 1.807) is 30.3 Å². The van der Waals surface area contributed by atoms with Crippen molar-refractivity contribution in [3.63, 3.8) is 0 Å². The second-order valence-corrected chi connectivity index (χ2v) is 9.98. The van der Waals surface area contributed by atoms with Crippen molar-refractivity contribution in [2.75, 3.05) is 11.9 Å². The SMILES string of the molecule is C=CCNC(=O)n1nc(-c2ccc(NC(=O)c3ccc(C(C)(C)C)cc3)cc2O)cc1C1CCC1. The Morgan fingerprint density at radius 1 is 1.14 bits per heavy atom. The van der Waals surface area contributed by atoms with Gasteiger partial charge in [0.2, 0.25) is 0 Å². The molecule has 1 fully saturated rings. The second kappa shape index (κ2) is 9.78. The predicted molar refractivity (Wildman–Crippen MR) is 138 cm³/mol. The molecule has 1 saturated carbocycles. The number of rotatable bonds is 6. The van der Waals surface area contributed by atoms with Crippen molar-refractivity contribution < 1.29 is 14.7 Å². The van der Waals surface area contributed by atoms with Crippen molar-refractivity contribution in [2.24, 2.45) is 0 Å². The molecule has 2 amide bonds. The first-order chi connectivity index (χ1) is 16.7. The first-order valence-electron chi connectivity index (χ1n) is 11.9. The zero-order chi connectivity index (χ0) is 25.2. The number of nitrogens with one attached hydrogen (secondary N) is 2. The summed E-state index contributed by atoms with van der Waals surface area (Å²) in [4.78, 5) is 25.3. The number of amides is 2. The molecule has 0 aliphatic heterocycles. The lowest BCUT2D eigenvalue weighted by Gasteiger charge is -2.25. The van der Waals surface area contributed by atoms with E-state index < -0.39 is 0 Å². The van der Waals surface area contributed by atoms with Gasteiger partial charge in [0.1, 0.15) is 5.75 Å². The summed E-state index contributed by atoms with van der Waals surface area (Å²) < 4.78 is 1.39. The fourth-order valence-corrected chi connectivity index (χ4v) is 4.07. The van der Waals surface area contributed by atoms with Gasteiger partial charge in [-0.3, -0.25) is 4.79 Å². The van der Waals surface area contributed by atoms with Crippen molar-refractivity contribution in [1.29, 1.82) is 0 Å². The first-order valence-corrected chi connectivity index (χ1v) is 11.9. The van der Waals surface area contributed by atoms with Crippen LogP contribution < -0.4 is 10.6 Å². The molecule has 0 spiro atoms. The van der Waals surface area contributed by atoms with Gasteiger partial charge < -0.3 is 15.7 Å². The summed E-state index contributed by atoms with van der Waals surface area (Å²) in [5.41, 5.74) is 4.00. The van der Waals surface area contributed by atoms with Crippen LogP contribution in [0.15, 0.2) is 61.2 Å². The highest BCUT2D eigenvalue weighted by Gasteiger charge is 2.27. The quantitative estimate of drug-likeness (QED) is 0.394. The van der Waals surface area contributed by atoms with Crippen LogP contribution in [0.5, 0.6) is 5.75 Å². The molecule has 0 radical (unpaired) electrons. The maximum Gasteiger partial charge on any atom is 0.342 e. The van der Waals surface area contributed by atoms with Gasteiger partial charge in [-0.2, -0.15) is 9.78 Å². The second-order valence-electron chi connectivity index (χ2n) is 9.98. The lowest BCUT2D eigenvalue weighted by molar-refractivity contribution is 0.102. The Morgan fingerprint density at radius 3 is 2.43 bits per heavy atom. The lowest BCUT2D eigenvalue weighted by atomic mass is 9.82. The molecule has 3 aromatic rings. The van der Waals surface area contributed by atoms with E-state index in [1.165, 1.54) is 10.7 Å². The van der Waals surface area contributed by atoms with Crippen LogP contribution in [0.1, 0.15) is 67.6 Å². The molecule has 1 heterocycles. The summed E-state index contributed by atoms with van der Waals surface area (Å²) in [5, 5.41) is 20.8. The van der Waals surface area contributed by atoms with Gasteiger partial charge >= 0.3 is 6.03 Å². The molecular formula is C28H32N4O3. The summed E-state index contributed by atoms with van der Waals surface area (Å²) in [6.45, 7) is 10.3. The number of carbonyl (C=O) groups is 2. The molecule has 0 bridgehead atoms. The summed E-state index contributed by atoms with van der Waals surface area (Å²) >= 11 is 0. The van der Waals surface area contributed by atoms with Crippen molar-refractivity contribution in [3.05, 3.63) is 78.0 Å². The first kappa shape index (κ1) is 24.3. The van der Waals surface area contributed by atoms with Gasteiger partial charge in [-0.25, -0.2) is 4.79 Å². The average Bonchev–Trinajstić information content (AvgIpc) is 3.20. The molecule has 35 heavy (non-hydrogen) atoms. The summed E-state index contributed by atoms with van der Waals surface area (Å²) in [5.74, 6) is -0.00802. The maximum atomic E-state index is 12.7. The standard InChI is InChI=1S/C28H32N4O3/c1-5-15-29-27(35)32-24(18-7-6-8-18)17-23(31-32)22-14-13-21(16-25(22)33)30-26(34)19-9-11-20(12-10-19)28(2,3)4/h5,9-14,16-18,33H,1,6-8,15H2,2-4H3,(H,29,35)(H,30,34). The fourth-order valence-electron chi connectivity index (χ4n) is 4.07. The van der Waals surface area contributed by atoms with E-state index >= 15 is 0 Å². The van der Waals surface area contributed by atoms with E-state index in [4.69, 9.17) is 0 Å². The molecule has 2 aromatic carbocycles. The van der Waals surface area contributed by atoms with E-state index in [9.17, 15) is 14.7 Å². The largest absolute Gasteiger partial charge is 0.507 e. The number of hydrogen-bond acceptors (Lipinski definition) is 4. The van der Waals surface area contributed by atoms with Gasteiger partial charge in [0, 0.05) is 35.3 Å². The van der Waals surface area contributed by atoms with Gasteiger partial charge in [-0.15, -0.1) is 6.58 Å². The number of phenols is 1. The van der Waals surface area contributed by atoms with Crippen LogP contribution in [0.3, 0.4) is 0 Å². The number of benzene rings is 2. The van der Waals surface area contributed by atoms with E-state index in [1.807, 2.05) is 18.2 Å². The van der Waals surface area contributed by atoms with Crippen LogP contribution in [-0.4, -0.2) is 33.4 Å². The van der Waals surface area contributed by atoms with Crippen molar-refractivity contribution in [3.8, 4) is 17.0 Å². The van der Waals surface area contributed by atoms with Gasteiger partial charge in [0.15, 0.2) is 0 Å². The minimum Gasteiger partial charge on any atom is -0.507 e. The Balaban J connectivity index is 1.54. The van der Waals surface area contributed by atoms with Crippen LogP contribution in [0.25, 0.3) is 11.3 Å². The Hall–Kier alpha value is -3.87. The number of phenolic OH excluding ortho intramolecular Hbond substituents is 1.